The minimum absolute atomic E-state index is 0.0462. The molecule has 5 nitrogen and oxygen atoms in total. The van der Waals surface area contributed by atoms with Gasteiger partial charge >= 0.3 is 0 Å². The minimum Gasteiger partial charge on any atom is -0.507 e. The van der Waals surface area contributed by atoms with Gasteiger partial charge in [-0.3, -0.25) is 9.59 Å². The molecule has 0 spiro atoms. The number of hydrogen-bond acceptors (Lipinski definition) is 4. The number of amides is 1. The van der Waals surface area contributed by atoms with E-state index >= 15 is 0 Å². The van der Waals surface area contributed by atoms with Crippen LogP contribution in [0.1, 0.15) is 42.1 Å². The first-order valence-corrected chi connectivity index (χ1v) is 10.6. The molecule has 1 amide bonds. The summed E-state index contributed by atoms with van der Waals surface area (Å²) in [6, 6.07) is 11.0. The number of benzene rings is 2. The van der Waals surface area contributed by atoms with Crippen molar-refractivity contribution < 1.29 is 19.1 Å². The number of ketones is 1. The van der Waals surface area contributed by atoms with E-state index in [0.29, 0.717) is 24.2 Å². The highest BCUT2D eigenvalue weighted by Gasteiger charge is 2.46. The zero-order valence-electron chi connectivity index (χ0n) is 18.5. The van der Waals surface area contributed by atoms with E-state index < -0.39 is 23.5 Å². The van der Waals surface area contributed by atoms with Crippen molar-refractivity contribution in [1.82, 2.24) is 9.80 Å². The molecule has 0 saturated carbocycles. The molecule has 1 N–H and O–H groups in total. The maximum Gasteiger partial charge on any atom is 0.295 e. The highest BCUT2D eigenvalue weighted by atomic mass is 19.1. The highest BCUT2D eigenvalue weighted by Crippen LogP contribution is 2.40. The molecular formula is C25H29FN2O3. The van der Waals surface area contributed by atoms with Crippen LogP contribution in [0.3, 0.4) is 0 Å². The summed E-state index contributed by atoms with van der Waals surface area (Å²) < 4.78 is 13.7. The van der Waals surface area contributed by atoms with E-state index in [9.17, 15) is 19.1 Å². The number of likely N-dealkylation sites (N-methyl/N-ethyl adjacent to an activating group) is 1. The average Bonchev–Trinajstić information content (AvgIpc) is 3.01. The van der Waals surface area contributed by atoms with E-state index in [0.717, 1.165) is 24.2 Å². The van der Waals surface area contributed by atoms with Crippen LogP contribution in [-0.4, -0.2) is 52.8 Å². The normalized spacial score (nSPS) is 18.3. The fourth-order valence-corrected chi connectivity index (χ4v) is 4.06. The quantitative estimate of drug-likeness (QED) is 0.411. The number of carbonyl (C=O) groups is 2. The lowest BCUT2D eigenvalue weighted by Crippen LogP contribution is -2.38. The van der Waals surface area contributed by atoms with Crippen LogP contribution in [0, 0.1) is 19.7 Å². The monoisotopic (exact) mass is 424 g/mol. The predicted molar refractivity (Wildman–Crippen MR) is 119 cm³/mol. The second kappa shape index (κ2) is 9.43. The lowest BCUT2D eigenvalue weighted by molar-refractivity contribution is -0.140. The molecule has 2 aromatic rings. The molecule has 0 aliphatic carbocycles. The average molecular weight is 425 g/mol. The molecule has 1 saturated heterocycles. The van der Waals surface area contributed by atoms with Crippen molar-refractivity contribution in [2.75, 3.05) is 26.2 Å². The number of rotatable bonds is 7. The molecular weight excluding hydrogens is 395 g/mol. The number of aliphatic hydroxyl groups is 1. The van der Waals surface area contributed by atoms with Gasteiger partial charge in [0.15, 0.2) is 0 Å². The van der Waals surface area contributed by atoms with E-state index in [2.05, 4.69) is 4.90 Å². The van der Waals surface area contributed by atoms with Crippen molar-refractivity contribution in [1.29, 1.82) is 0 Å². The molecule has 0 bridgehead atoms. The Hall–Kier alpha value is -2.99. The Morgan fingerprint density at radius 3 is 2.35 bits per heavy atom. The largest absolute Gasteiger partial charge is 0.507 e. The van der Waals surface area contributed by atoms with E-state index in [1.807, 2.05) is 45.0 Å². The molecule has 2 aromatic carbocycles. The van der Waals surface area contributed by atoms with Crippen LogP contribution in [0.5, 0.6) is 0 Å². The third-order valence-corrected chi connectivity index (χ3v) is 6.01. The Morgan fingerprint density at radius 1 is 1.06 bits per heavy atom. The molecule has 0 aromatic heterocycles. The summed E-state index contributed by atoms with van der Waals surface area (Å²) in [6.45, 7) is 10.3. The third-order valence-electron chi connectivity index (χ3n) is 6.01. The van der Waals surface area contributed by atoms with Gasteiger partial charge in [0.05, 0.1) is 11.6 Å². The first kappa shape index (κ1) is 22.7. The van der Waals surface area contributed by atoms with Crippen molar-refractivity contribution in [3.8, 4) is 0 Å². The second-order valence-corrected chi connectivity index (χ2v) is 7.84. The summed E-state index contributed by atoms with van der Waals surface area (Å²) in [5.41, 5.74) is 2.43. The van der Waals surface area contributed by atoms with E-state index in [1.165, 1.54) is 18.2 Å². The molecule has 164 valence electrons. The first-order valence-electron chi connectivity index (χ1n) is 10.6. The van der Waals surface area contributed by atoms with Crippen molar-refractivity contribution >= 4 is 17.4 Å². The molecule has 1 aliphatic heterocycles. The van der Waals surface area contributed by atoms with E-state index in [4.69, 9.17) is 0 Å². The summed E-state index contributed by atoms with van der Waals surface area (Å²) in [5.74, 6) is -2.01. The number of nitrogens with zero attached hydrogens (tertiary/aromatic N) is 2. The van der Waals surface area contributed by atoms with Crippen LogP contribution in [0.25, 0.3) is 5.76 Å². The number of Topliss-reactive ketones (excluding diaryl/α,β-unsaturated/α-hetero) is 1. The summed E-state index contributed by atoms with van der Waals surface area (Å²) in [5, 5.41) is 11.1. The molecule has 1 aliphatic rings. The van der Waals surface area contributed by atoms with Gasteiger partial charge in [0, 0.05) is 18.7 Å². The van der Waals surface area contributed by atoms with Crippen LogP contribution in [0.4, 0.5) is 4.39 Å². The van der Waals surface area contributed by atoms with Gasteiger partial charge in [0.25, 0.3) is 11.7 Å². The van der Waals surface area contributed by atoms with Crippen LogP contribution < -0.4 is 0 Å². The maximum absolute atomic E-state index is 13.7. The molecule has 1 fully saturated rings. The van der Waals surface area contributed by atoms with Crippen molar-refractivity contribution in [3.05, 3.63) is 76.1 Å². The van der Waals surface area contributed by atoms with Crippen LogP contribution in [0.15, 0.2) is 48.0 Å². The van der Waals surface area contributed by atoms with E-state index in [1.54, 1.807) is 11.8 Å². The lowest BCUT2D eigenvalue weighted by atomic mass is 9.92. The number of carbonyl (C=O) groups excluding carboxylic acids is 2. The Labute approximate surface area is 182 Å². The van der Waals surface area contributed by atoms with Crippen LogP contribution in [-0.2, 0) is 9.59 Å². The van der Waals surface area contributed by atoms with Crippen molar-refractivity contribution in [2.24, 2.45) is 0 Å². The fourth-order valence-electron chi connectivity index (χ4n) is 4.06. The molecule has 1 unspecified atom stereocenters. The predicted octanol–water partition coefficient (Wildman–Crippen LogP) is 4.21. The molecule has 31 heavy (non-hydrogen) atoms. The molecule has 6 heteroatoms. The number of hydrogen-bond donors (Lipinski definition) is 1. The zero-order valence-corrected chi connectivity index (χ0v) is 18.5. The fraction of sp³-hybridized carbons (Fsp3) is 0.360. The molecule has 1 heterocycles. The lowest BCUT2D eigenvalue weighted by Gasteiger charge is -2.29. The Morgan fingerprint density at radius 2 is 1.74 bits per heavy atom. The molecule has 1 atom stereocenters. The van der Waals surface area contributed by atoms with Gasteiger partial charge in [-0.25, -0.2) is 4.39 Å². The Kier molecular flexibility index (Phi) is 6.91. The van der Waals surface area contributed by atoms with Crippen molar-refractivity contribution in [3.63, 3.8) is 0 Å². The van der Waals surface area contributed by atoms with Gasteiger partial charge in [0.1, 0.15) is 11.6 Å². The summed E-state index contributed by atoms with van der Waals surface area (Å²) in [4.78, 5) is 29.8. The van der Waals surface area contributed by atoms with E-state index in [-0.39, 0.29) is 11.3 Å². The number of likely N-dealkylation sites (tertiary alicyclic amines) is 1. The topological polar surface area (TPSA) is 60.9 Å². The molecule has 0 radical (unpaired) electrons. The third kappa shape index (κ3) is 4.39. The Bertz CT molecular complexity index is 1030. The zero-order chi connectivity index (χ0) is 22.7. The first-order chi connectivity index (χ1) is 14.8. The summed E-state index contributed by atoms with van der Waals surface area (Å²) >= 11 is 0. The van der Waals surface area contributed by atoms with Gasteiger partial charge in [0.2, 0.25) is 0 Å². The number of aliphatic hydroxyl groups excluding tert-OH is 1. The van der Waals surface area contributed by atoms with Crippen molar-refractivity contribution in [2.45, 2.75) is 33.7 Å². The summed E-state index contributed by atoms with van der Waals surface area (Å²) in [6.07, 6.45) is 0. The maximum atomic E-state index is 13.7. The van der Waals surface area contributed by atoms with Crippen LogP contribution >= 0.6 is 0 Å². The van der Waals surface area contributed by atoms with Gasteiger partial charge in [-0.05, 0) is 61.8 Å². The van der Waals surface area contributed by atoms with Gasteiger partial charge in [-0.1, -0.05) is 38.1 Å². The Balaban J connectivity index is 2.14. The minimum atomic E-state index is -0.715. The van der Waals surface area contributed by atoms with Crippen LogP contribution in [0.2, 0.25) is 0 Å². The van der Waals surface area contributed by atoms with Gasteiger partial charge in [-0.15, -0.1) is 0 Å². The summed E-state index contributed by atoms with van der Waals surface area (Å²) in [7, 11) is 0. The smallest absolute Gasteiger partial charge is 0.295 e. The van der Waals surface area contributed by atoms with Gasteiger partial charge in [-0.2, -0.15) is 0 Å². The highest BCUT2D eigenvalue weighted by molar-refractivity contribution is 6.46. The number of halogens is 1. The SMILES string of the molecule is CCN(CC)CCN1C(=O)C(=O)/C(=C(/O)c2ccc(F)c(C)c2)C1c1ccccc1C. The second-order valence-electron chi connectivity index (χ2n) is 7.84. The number of aryl methyl sites for hydroxylation is 2. The molecule has 3 rings (SSSR count). The standard InChI is InChI=1S/C25H29FN2O3/c1-5-27(6-2)13-14-28-22(19-10-8-7-9-16(19)3)21(24(30)25(28)31)23(29)18-11-12-20(26)17(4)15-18/h7-12,15,22,29H,5-6,13-14H2,1-4H3/b23-21+. The van der Waals surface area contributed by atoms with Gasteiger partial charge < -0.3 is 14.9 Å².